The summed E-state index contributed by atoms with van der Waals surface area (Å²) in [6.45, 7) is 2.35. The third kappa shape index (κ3) is 3.47. The van der Waals surface area contributed by atoms with E-state index in [1.807, 2.05) is 13.0 Å². The smallest absolute Gasteiger partial charge is 0.155 e. The van der Waals surface area contributed by atoms with Crippen LogP contribution >= 0.6 is 0 Å². The van der Waals surface area contributed by atoms with E-state index in [1.54, 1.807) is 0 Å². The van der Waals surface area contributed by atoms with Crippen molar-refractivity contribution in [2.75, 3.05) is 12.4 Å². The van der Waals surface area contributed by atoms with Gasteiger partial charge in [-0.1, -0.05) is 0 Å². The molecular weight excluding hydrogens is 214 g/mol. The molecule has 5 heteroatoms. The number of unbranched alkanes of at least 4 members (excludes halogenated alkanes) is 2. The normalized spacial score (nSPS) is 26.4. The Kier molecular flexibility index (Phi) is 4.55. The SMILES string of the molecule is CC1OCCC1S(=O)(=O)CCCCC#N. The molecule has 1 aliphatic heterocycles. The lowest BCUT2D eigenvalue weighted by atomic mass is 10.2. The van der Waals surface area contributed by atoms with Crippen molar-refractivity contribution in [1.82, 2.24) is 0 Å². The summed E-state index contributed by atoms with van der Waals surface area (Å²) in [7, 11) is -3.02. The summed E-state index contributed by atoms with van der Waals surface area (Å²) in [5.41, 5.74) is 0. The maximum absolute atomic E-state index is 11.8. The van der Waals surface area contributed by atoms with Gasteiger partial charge in [0.25, 0.3) is 0 Å². The fourth-order valence-electron chi connectivity index (χ4n) is 1.84. The number of rotatable bonds is 5. The van der Waals surface area contributed by atoms with Gasteiger partial charge in [-0.3, -0.25) is 0 Å². The Labute approximate surface area is 91.1 Å². The first-order chi connectivity index (χ1) is 7.08. The topological polar surface area (TPSA) is 67.2 Å². The van der Waals surface area contributed by atoms with Gasteiger partial charge in [-0.2, -0.15) is 5.26 Å². The summed E-state index contributed by atoms with van der Waals surface area (Å²) in [4.78, 5) is 0. The molecule has 1 aliphatic rings. The lowest BCUT2D eigenvalue weighted by Crippen LogP contribution is -2.30. The lowest BCUT2D eigenvalue weighted by Gasteiger charge is -2.14. The van der Waals surface area contributed by atoms with Crippen LogP contribution in [-0.2, 0) is 14.6 Å². The summed E-state index contributed by atoms with van der Waals surface area (Å²) >= 11 is 0. The molecule has 1 heterocycles. The van der Waals surface area contributed by atoms with Crippen molar-refractivity contribution in [2.24, 2.45) is 0 Å². The Morgan fingerprint density at radius 3 is 2.73 bits per heavy atom. The van der Waals surface area contributed by atoms with Gasteiger partial charge in [0.15, 0.2) is 9.84 Å². The highest BCUT2D eigenvalue weighted by Crippen LogP contribution is 2.22. The molecule has 1 fully saturated rings. The first-order valence-electron chi connectivity index (χ1n) is 5.28. The van der Waals surface area contributed by atoms with Crippen LogP contribution in [0.1, 0.15) is 32.6 Å². The number of nitriles is 1. The largest absolute Gasteiger partial charge is 0.377 e. The zero-order valence-corrected chi connectivity index (χ0v) is 9.79. The first kappa shape index (κ1) is 12.5. The van der Waals surface area contributed by atoms with Crippen molar-refractivity contribution in [3.05, 3.63) is 0 Å². The molecule has 0 aromatic heterocycles. The third-order valence-electron chi connectivity index (χ3n) is 2.74. The summed E-state index contributed by atoms with van der Waals surface area (Å²) in [6.07, 6.45) is 2.12. The van der Waals surface area contributed by atoms with Gasteiger partial charge >= 0.3 is 0 Å². The van der Waals surface area contributed by atoms with Gasteiger partial charge in [-0.25, -0.2) is 8.42 Å². The van der Waals surface area contributed by atoms with Gasteiger partial charge in [-0.15, -0.1) is 0 Å². The predicted molar refractivity (Wildman–Crippen MR) is 57.1 cm³/mol. The van der Waals surface area contributed by atoms with E-state index in [1.165, 1.54) is 0 Å². The number of nitrogens with zero attached hydrogens (tertiary/aromatic N) is 1. The van der Waals surface area contributed by atoms with Crippen molar-refractivity contribution in [2.45, 2.75) is 44.0 Å². The Balaban J connectivity index is 2.42. The van der Waals surface area contributed by atoms with Gasteiger partial charge in [0.05, 0.1) is 23.2 Å². The fraction of sp³-hybridized carbons (Fsp3) is 0.900. The number of hydrogen-bond donors (Lipinski definition) is 0. The molecule has 1 rings (SSSR count). The van der Waals surface area contributed by atoms with E-state index in [-0.39, 0.29) is 17.1 Å². The molecule has 15 heavy (non-hydrogen) atoms. The van der Waals surface area contributed by atoms with E-state index >= 15 is 0 Å². The molecule has 4 nitrogen and oxygen atoms in total. The van der Waals surface area contributed by atoms with Crippen molar-refractivity contribution < 1.29 is 13.2 Å². The molecule has 0 amide bonds. The molecule has 0 saturated carbocycles. The zero-order valence-electron chi connectivity index (χ0n) is 8.98. The van der Waals surface area contributed by atoms with Crippen LogP contribution < -0.4 is 0 Å². The molecule has 86 valence electrons. The number of hydrogen-bond acceptors (Lipinski definition) is 4. The maximum Gasteiger partial charge on any atom is 0.155 e. The van der Waals surface area contributed by atoms with Gasteiger partial charge < -0.3 is 4.74 Å². The summed E-state index contributed by atoms with van der Waals surface area (Å²) in [5.74, 6) is 0.188. The highest BCUT2D eigenvalue weighted by molar-refractivity contribution is 7.92. The van der Waals surface area contributed by atoms with E-state index in [4.69, 9.17) is 10.00 Å². The van der Waals surface area contributed by atoms with Gasteiger partial charge in [0, 0.05) is 13.0 Å². The molecule has 0 spiro atoms. The van der Waals surface area contributed by atoms with Gasteiger partial charge in [0.1, 0.15) is 0 Å². The predicted octanol–water partition coefficient (Wildman–Crippen LogP) is 1.27. The van der Waals surface area contributed by atoms with Crippen LogP contribution in [0.5, 0.6) is 0 Å². The number of sulfone groups is 1. The lowest BCUT2D eigenvalue weighted by molar-refractivity contribution is 0.126. The highest BCUT2D eigenvalue weighted by Gasteiger charge is 2.34. The van der Waals surface area contributed by atoms with Crippen molar-refractivity contribution in [1.29, 1.82) is 5.26 Å². The van der Waals surface area contributed by atoms with E-state index in [9.17, 15) is 8.42 Å². The minimum atomic E-state index is -3.02. The summed E-state index contributed by atoms with van der Waals surface area (Å²) in [6, 6.07) is 2.01. The van der Waals surface area contributed by atoms with Crippen LogP contribution in [0.25, 0.3) is 0 Å². The molecule has 0 aliphatic carbocycles. The van der Waals surface area contributed by atoms with Crippen molar-refractivity contribution in [3.8, 4) is 6.07 Å². The van der Waals surface area contributed by atoms with E-state index in [0.717, 1.165) is 0 Å². The summed E-state index contributed by atoms with van der Waals surface area (Å²) in [5, 5.41) is 8.00. The van der Waals surface area contributed by atoms with Crippen LogP contribution in [-0.4, -0.2) is 32.1 Å². The van der Waals surface area contributed by atoms with Crippen LogP contribution in [0.15, 0.2) is 0 Å². The van der Waals surface area contributed by atoms with Crippen LogP contribution in [0, 0.1) is 11.3 Å². The van der Waals surface area contributed by atoms with Crippen LogP contribution in [0.3, 0.4) is 0 Å². The minimum Gasteiger partial charge on any atom is -0.377 e. The first-order valence-corrected chi connectivity index (χ1v) is 6.99. The van der Waals surface area contributed by atoms with Crippen LogP contribution in [0.4, 0.5) is 0 Å². The quantitative estimate of drug-likeness (QED) is 0.668. The second-order valence-corrected chi connectivity index (χ2v) is 6.22. The van der Waals surface area contributed by atoms with Gasteiger partial charge in [-0.05, 0) is 26.2 Å². The van der Waals surface area contributed by atoms with E-state index < -0.39 is 9.84 Å². The molecule has 2 unspecified atom stereocenters. The minimum absolute atomic E-state index is 0.175. The second-order valence-electron chi connectivity index (χ2n) is 3.89. The molecule has 1 saturated heterocycles. The van der Waals surface area contributed by atoms with E-state index in [0.29, 0.717) is 32.3 Å². The average Bonchev–Trinajstić information content (AvgIpc) is 2.60. The molecule has 0 radical (unpaired) electrons. The van der Waals surface area contributed by atoms with Gasteiger partial charge in [0.2, 0.25) is 0 Å². The standard InChI is InChI=1S/C10H17NO3S/c1-9-10(5-7-14-9)15(12,13)8-4-2-3-6-11/h9-10H,2-5,7-8H2,1H3. The molecule has 0 N–H and O–H groups in total. The molecule has 0 bridgehead atoms. The Bertz CT molecular complexity index is 331. The average molecular weight is 231 g/mol. The van der Waals surface area contributed by atoms with Crippen LogP contribution in [0.2, 0.25) is 0 Å². The van der Waals surface area contributed by atoms with E-state index in [2.05, 4.69) is 0 Å². The highest BCUT2D eigenvalue weighted by atomic mass is 32.2. The molecular formula is C10H17NO3S. The Hall–Kier alpha value is -0.600. The maximum atomic E-state index is 11.8. The Morgan fingerprint density at radius 1 is 1.47 bits per heavy atom. The van der Waals surface area contributed by atoms with Crippen molar-refractivity contribution >= 4 is 9.84 Å². The third-order valence-corrected chi connectivity index (χ3v) is 5.13. The fourth-order valence-corrected chi connectivity index (χ4v) is 3.87. The van der Waals surface area contributed by atoms with Crippen molar-refractivity contribution in [3.63, 3.8) is 0 Å². The monoisotopic (exact) mass is 231 g/mol. The zero-order chi connectivity index (χ0) is 11.3. The Morgan fingerprint density at radius 2 is 2.20 bits per heavy atom. The molecule has 0 aromatic carbocycles. The number of ether oxygens (including phenoxy) is 1. The summed E-state index contributed by atoms with van der Waals surface area (Å²) < 4.78 is 28.9. The second kappa shape index (κ2) is 5.47. The molecule has 0 aromatic rings. The molecule has 2 atom stereocenters.